The van der Waals surface area contributed by atoms with Crippen molar-refractivity contribution >= 4 is 11.8 Å². The summed E-state index contributed by atoms with van der Waals surface area (Å²) in [6.45, 7) is 3.70. The van der Waals surface area contributed by atoms with E-state index in [9.17, 15) is 9.59 Å². The highest BCUT2D eigenvalue weighted by atomic mass is 16.2. The smallest absolute Gasteiger partial charge is 0.222 e. The summed E-state index contributed by atoms with van der Waals surface area (Å²) in [6, 6.07) is 0. The topological polar surface area (TPSA) is 40.6 Å². The van der Waals surface area contributed by atoms with Crippen molar-refractivity contribution in [1.82, 2.24) is 9.80 Å². The van der Waals surface area contributed by atoms with Crippen LogP contribution in [0.5, 0.6) is 0 Å². The summed E-state index contributed by atoms with van der Waals surface area (Å²) in [5, 5.41) is 0. The Kier molecular flexibility index (Phi) is 3.27. The number of hydrogen-bond donors (Lipinski definition) is 0. The Morgan fingerprint density at radius 3 is 1.71 bits per heavy atom. The Labute approximate surface area is 126 Å². The Morgan fingerprint density at radius 1 is 0.857 bits per heavy atom. The summed E-state index contributed by atoms with van der Waals surface area (Å²) in [5.41, 5.74) is 0. The summed E-state index contributed by atoms with van der Waals surface area (Å²) in [7, 11) is 0. The average Bonchev–Trinajstić information content (AvgIpc) is 3.21. The molecule has 0 radical (unpaired) electrons. The van der Waals surface area contributed by atoms with Crippen molar-refractivity contribution in [2.24, 2.45) is 23.7 Å². The molecule has 4 rings (SSSR count). The third-order valence-corrected chi connectivity index (χ3v) is 6.00. The van der Waals surface area contributed by atoms with Gasteiger partial charge in [0.2, 0.25) is 11.8 Å². The van der Waals surface area contributed by atoms with Crippen LogP contribution in [-0.2, 0) is 9.59 Å². The third-order valence-electron chi connectivity index (χ3n) is 6.00. The first-order valence-electron chi connectivity index (χ1n) is 8.46. The highest BCUT2D eigenvalue weighted by molar-refractivity contribution is 5.78. The molecule has 2 unspecified atom stereocenters. The number of carbonyl (C=O) groups is 2. The van der Waals surface area contributed by atoms with E-state index >= 15 is 0 Å². The molecule has 114 valence electrons. The molecule has 0 N–H and O–H groups in total. The fourth-order valence-corrected chi connectivity index (χ4v) is 4.87. The van der Waals surface area contributed by atoms with Crippen LogP contribution in [0.1, 0.15) is 32.1 Å². The van der Waals surface area contributed by atoms with Crippen molar-refractivity contribution in [3.63, 3.8) is 0 Å². The maximum atomic E-state index is 11.9. The molecule has 4 aliphatic rings. The van der Waals surface area contributed by atoms with Gasteiger partial charge in [0.1, 0.15) is 0 Å². The zero-order chi connectivity index (χ0) is 14.4. The molecule has 1 saturated carbocycles. The van der Waals surface area contributed by atoms with E-state index in [0.29, 0.717) is 35.5 Å². The van der Waals surface area contributed by atoms with E-state index in [1.54, 1.807) is 0 Å². The third kappa shape index (κ3) is 2.29. The zero-order valence-corrected chi connectivity index (χ0v) is 12.5. The highest BCUT2D eigenvalue weighted by Gasteiger charge is 2.46. The van der Waals surface area contributed by atoms with E-state index in [2.05, 4.69) is 22.0 Å². The molecular weight excluding hydrogens is 264 g/mol. The fraction of sp³-hybridized carbons (Fsp3) is 0.765. The molecule has 2 aliphatic carbocycles. The molecule has 21 heavy (non-hydrogen) atoms. The second kappa shape index (κ2) is 5.15. The van der Waals surface area contributed by atoms with Crippen molar-refractivity contribution in [1.29, 1.82) is 0 Å². The largest absolute Gasteiger partial charge is 0.342 e. The SMILES string of the molecule is O=C1CCCN1C[C@@H]1C2C=CC(C2)[C@H]1CN1CCCC1=O. The molecule has 3 fully saturated rings. The highest BCUT2D eigenvalue weighted by Crippen LogP contribution is 2.49. The second-order valence-corrected chi connectivity index (χ2v) is 7.16. The molecule has 2 amide bonds. The van der Waals surface area contributed by atoms with Gasteiger partial charge in [0.15, 0.2) is 0 Å². The van der Waals surface area contributed by atoms with Gasteiger partial charge in [0, 0.05) is 39.0 Å². The van der Waals surface area contributed by atoms with Gasteiger partial charge >= 0.3 is 0 Å². The molecule has 4 heteroatoms. The number of carbonyl (C=O) groups excluding carboxylic acids is 2. The minimum absolute atomic E-state index is 0.331. The number of likely N-dealkylation sites (tertiary alicyclic amines) is 2. The van der Waals surface area contributed by atoms with Gasteiger partial charge in [0.25, 0.3) is 0 Å². The van der Waals surface area contributed by atoms with Crippen LogP contribution in [0.3, 0.4) is 0 Å². The molecule has 0 spiro atoms. The van der Waals surface area contributed by atoms with Crippen LogP contribution in [0.4, 0.5) is 0 Å². The van der Waals surface area contributed by atoms with Gasteiger partial charge in [-0.05, 0) is 42.9 Å². The lowest BCUT2D eigenvalue weighted by molar-refractivity contribution is -0.130. The van der Waals surface area contributed by atoms with Crippen LogP contribution in [0.15, 0.2) is 12.2 Å². The number of rotatable bonds is 4. The van der Waals surface area contributed by atoms with E-state index in [0.717, 1.165) is 51.9 Å². The van der Waals surface area contributed by atoms with Crippen LogP contribution in [-0.4, -0.2) is 47.8 Å². The first-order valence-corrected chi connectivity index (χ1v) is 8.46. The van der Waals surface area contributed by atoms with Gasteiger partial charge in [-0.1, -0.05) is 12.2 Å². The van der Waals surface area contributed by atoms with Gasteiger partial charge in [0.05, 0.1) is 0 Å². The molecule has 0 aromatic heterocycles. The van der Waals surface area contributed by atoms with Crippen molar-refractivity contribution in [2.45, 2.75) is 32.1 Å². The van der Waals surface area contributed by atoms with E-state index in [-0.39, 0.29) is 0 Å². The normalized spacial score (nSPS) is 38.3. The number of allylic oxidation sites excluding steroid dienone is 2. The van der Waals surface area contributed by atoms with Gasteiger partial charge in [-0.2, -0.15) is 0 Å². The first-order chi connectivity index (χ1) is 10.2. The molecule has 2 aliphatic heterocycles. The molecule has 4 nitrogen and oxygen atoms in total. The average molecular weight is 288 g/mol. The maximum Gasteiger partial charge on any atom is 0.222 e. The van der Waals surface area contributed by atoms with Gasteiger partial charge in [-0.15, -0.1) is 0 Å². The summed E-state index contributed by atoms with van der Waals surface area (Å²) >= 11 is 0. The zero-order valence-electron chi connectivity index (χ0n) is 12.5. The van der Waals surface area contributed by atoms with Gasteiger partial charge in [-0.3, -0.25) is 9.59 Å². The predicted molar refractivity (Wildman–Crippen MR) is 79.3 cm³/mol. The maximum absolute atomic E-state index is 11.9. The summed E-state index contributed by atoms with van der Waals surface area (Å²) < 4.78 is 0. The summed E-state index contributed by atoms with van der Waals surface area (Å²) in [4.78, 5) is 28.0. The van der Waals surface area contributed by atoms with Crippen LogP contribution in [0.25, 0.3) is 0 Å². The molecule has 0 aromatic rings. The van der Waals surface area contributed by atoms with Crippen LogP contribution in [0, 0.1) is 23.7 Å². The van der Waals surface area contributed by atoms with Crippen molar-refractivity contribution in [3.05, 3.63) is 12.2 Å². The second-order valence-electron chi connectivity index (χ2n) is 7.16. The molecular formula is C17H24N2O2. The summed E-state index contributed by atoms with van der Waals surface area (Å²) in [5.74, 6) is 3.05. The number of fused-ring (bicyclic) bond motifs is 2. The first kappa shape index (κ1) is 13.4. The van der Waals surface area contributed by atoms with E-state index in [4.69, 9.17) is 0 Å². The number of nitrogens with zero attached hydrogens (tertiary/aromatic N) is 2. The van der Waals surface area contributed by atoms with E-state index in [1.165, 1.54) is 6.42 Å². The van der Waals surface area contributed by atoms with Crippen LogP contribution in [0.2, 0.25) is 0 Å². The fourth-order valence-electron chi connectivity index (χ4n) is 4.87. The number of amides is 2. The molecule has 2 saturated heterocycles. The van der Waals surface area contributed by atoms with Crippen molar-refractivity contribution in [3.8, 4) is 0 Å². The van der Waals surface area contributed by atoms with Crippen molar-refractivity contribution in [2.75, 3.05) is 26.2 Å². The standard InChI is InChI=1S/C17H24N2O2/c20-16-3-1-7-18(16)10-14-12-5-6-13(9-12)15(14)11-19-8-2-4-17(19)21/h5-6,12-15H,1-4,7-11H2/t12?,13?,14-,15-/m1/s1. The quantitative estimate of drug-likeness (QED) is 0.738. The Balaban J connectivity index is 1.47. The Bertz CT molecular complexity index is 445. The molecule has 0 aromatic carbocycles. The lowest BCUT2D eigenvalue weighted by atomic mass is 9.82. The van der Waals surface area contributed by atoms with Crippen LogP contribution >= 0.6 is 0 Å². The Hall–Kier alpha value is -1.32. The van der Waals surface area contributed by atoms with Gasteiger partial charge < -0.3 is 9.80 Å². The number of hydrogen-bond acceptors (Lipinski definition) is 2. The summed E-state index contributed by atoms with van der Waals surface area (Å²) in [6.07, 6.45) is 9.45. The minimum Gasteiger partial charge on any atom is -0.342 e. The molecule has 2 bridgehead atoms. The van der Waals surface area contributed by atoms with Crippen molar-refractivity contribution < 1.29 is 9.59 Å². The minimum atomic E-state index is 0.331. The van der Waals surface area contributed by atoms with E-state index < -0.39 is 0 Å². The van der Waals surface area contributed by atoms with Gasteiger partial charge in [-0.25, -0.2) is 0 Å². The van der Waals surface area contributed by atoms with Crippen LogP contribution < -0.4 is 0 Å². The van der Waals surface area contributed by atoms with E-state index in [1.807, 2.05) is 0 Å². The lowest BCUT2D eigenvalue weighted by Crippen LogP contribution is -2.40. The lowest BCUT2D eigenvalue weighted by Gasteiger charge is -2.34. The molecule has 4 atom stereocenters. The molecule has 2 heterocycles. The predicted octanol–water partition coefficient (Wildman–Crippen LogP) is 1.67. The monoisotopic (exact) mass is 288 g/mol. The Morgan fingerprint density at radius 2 is 1.33 bits per heavy atom.